The van der Waals surface area contributed by atoms with E-state index in [2.05, 4.69) is 23.5 Å². The Morgan fingerprint density at radius 2 is 1.89 bits per heavy atom. The van der Waals surface area contributed by atoms with E-state index in [-0.39, 0.29) is 11.9 Å². The minimum absolute atomic E-state index is 0.237. The molecule has 0 aliphatic heterocycles. The summed E-state index contributed by atoms with van der Waals surface area (Å²) in [5, 5.41) is 4.39. The maximum atomic E-state index is 12.0. The van der Waals surface area contributed by atoms with Gasteiger partial charge in [-0.25, -0.2) is 9.48 Å². The number of rotatable bonds is 6. The van der Waals surface area contributed by atoms with Crippen molar-refractivity contribution in [1.82, 2.24) is 19.2 Å². The van der Waals surface area contributed by atoms with E-state index in [1.807, 2.05) is 30.7 Å². The molecular weight excluding hydrogens is 344 g/mol. The Bertz CT molecular complexity index is 859. The van der Waals surface area contributed by atoms with Gasteiger partial charge in [-0.15, -0.1) is 0 Å². The van der Waals surface area contributed by atoms with Gasteiger partial charge in [0, 0.05) is 43.7 Å². The van der Waals surface area contributed by atoms with Crippen LogP contribution in [0.15, 0.2) is 24.4 Å². The third kappa shape index (κ3) is 4.48. The molecule has 0 saturated carbocycles. The summed E-state index contributed by atoms with van der Waals surface area (Å²) in [4.78, 5) is 25.2. The van der Waals surface area contributed by atoms with Crippen molar-refractivity contribution in [2.75, 3.05) is 14.1 Å². The molecule has 0 aliphatic rings. The number of hydrogen-bond acceptors (Lipinski definition) is 4. The predicted octanol–water partition coefficient (Wildman–Crippen LogP) is 2.90. The van der Waals surface area contributed by atoms with Gasteiger partial charge in [-0.3, -0.25) is 4.79 Å². The molecule has 2 heterocycles. The number of aromatic nitrogens is 3. The van der Waals surface area contributed by atoms with Crippen molar-refractivity contribution in [3.8, 4) is 5.82 Å². The van der Waals surface area contributed by atoms with E-state index in [1.165, 1.54) is 11.0 Å². The molecule has 2 aromatic heterocycles. The lowest BCUT2D eigenvalue weighted by atomic mass is 10.2. The van der Waals surface area contributed by atoms with Crippen LogP contribution >= 0.6 is 0 Å². The molecule has 0 fully saturated rings. The standard InChI is InChI=1S/C20H28N4O3/c1-13(2)24-18(10-11-21-24)23-14(3)12-17(15(23)4)8-9-19(25)27-16(5)20(26)22(6)7/h8-13,16H,1-7H3/b9-8+/t16-/m1/s1. The van der Waals surface area contributed by atoms with Crippen molar-refractivity contribution >= 4 is 18.0 Å². The second kappa shape index (κ2) is 8.24. The number of carbonyl (C=O) groups excluding carboxylic acids is 2. The summed E-state index contributed by atoms with van der Waals surface area (Å²) in [6.07, 6.45) is 4.03. The van der Waals surface area contributed by atoms with Gasteiger partial charge in [0.05, 0.1) is 6.20 Å². The van der Waals surface area contributed by atoms with E-state index in [0.717, 1.165) is 22.8 Å². The van der Waals surface area contributed by atoms with Gasteiger partial charge in [0.25, 0.3) is 5.91 Å². The summed E-state index contributed by atoms with van der Waals surface area (Å²) in [6.45, 7) is 9.73. The molecule has 27 heavy (non-hydrogen) atoms. The largest absolute Gasteiger partial charge is 0.449 e. The molecule has 1 atom stereocenters. The Balaban J connectivity index is 2.21. The van der Waals surface area contributed by atoms with Crippen molar-refractivity contribution in [3.05, 3.63) is 41.4 Å². The first kappa shape index (κ1) is 20.5. The molecule has 0 aromatic carbocycles. The minimum atomic E-state index is -0.815. The maximum absolute atomic E-state index is 12.0. The molecular formula is C20H28N4O3. The van der Waals surface area contributed by atoms with Gasteiger partial charge >= 0.3 is 5.97 Å². The first-order valence-corrected chi connectivity index (χ1v) is 8.96. The quantitative estimate of drug-likeness (QED) is 0.577. The van der Waals surface area contributed by atoms with E-state index in [9.17, 15) is 9.59 Å². The van der Waals surface area contributed by atoms with E-state index < -0.39 is 12.1 Å². The third-order valence-corrected chi connectivity index (χ3v) is 4.32. The van der Waals surface area contributed by atoms with Crippen molar-refractivity contribution in [2.45, 2.75) is 46.8 Å². The first-order chi connectivity index (χ1) is 12.6. The average Bonchev–Trinajstić information content (AvgIpc) is 3.16. The monoisotopic (exact) mass is 372 g/mol. The van der Waals surface area contributed by atoms with Crippen LogP contribution < -0.4 is 0 Å². The minimum Gasteiger partial charge on any atom is -0.449 e. The summed E-state index contributed by atoms with van der Waals surface area (Å²) < 4.78 is 9.22. The Hall–Kier alpha value is -2.83. The highest BCUT2D eigenvalue weighted by Crippen LogP contribution is 2.23. The molecule has 146 valence electrons. The van der Waals surface area contributed by atoms with Crippen molar-refractivity contribution in [2.24, 2.45) is 0 Å². The van der Waals surface area contributed by atoms with Gasteiger partial charge in [-0.1, -0.05) is 0 Å². The fraction of sp³-hybridized carbons (Fsp3) is 0.450. The fourth-order valence-corrected chi connectivity index (χ4v) is 2.98. The van der Waals surface area contributed by atoms with E-state index in [4.69, 9.17) is 4.74 Å². The van der Waals surface area contributed by atoms with Crippen LogP contribution in [0.2, 0.25) is 0 Å². The summed E-state index contributed by atoms with van der Waals surface area (Å²) in [7, 11) is 3.25. The normalized spacial score (nSPS) is 12.6. The number of hydrogen-bond donors (Lipinski definition) is 0. The van der Waals surface area contributed by atoms with Crippen molar-refractivity contribution < 1.29 is 14.3 Å². The molecule has 0 unspecified atom stereocenters. The second-order valence-electron chi connectivity index (χ2n) is 7.03. The van der Waals surface area contributed by atoms with Gasteiger partial charge < -0.3 is 14.2 Å². The van der Waals surface area contributed by atoms with Crippen molar-refractivity contribution in [1.29, 1.82) is 0 Å². The zero-order chi connectivity index (χ0) is 20.3. The summed E-state index contributed by atoms with van der Waals surface area (Å²) in [5.41, 5.74) is 2.95. The molecule has 2 aromatic rings. The van der Waals surface area contributed by atoms with Crippen LogP contribution in [0.25, 0.3) is 11.9 Å². The SMILES string of the molecule is Cc1cc(/C=C/C(=O)O[C@H](C)C(=O)N(C)C)c(C)n1-c1ccnn1C(C)C. The molecule has 1 amide bonds. The van der Waals surface area contributed by atoms with Crippen LogP contribution in [-0.2, 0) is 14.3 Å². The Morgan fingerprint density at radius 3 is 2.48 bits per heavy atom. The van der Waals surface area contributed by atoms with Crippen molar-refractivity contribution in [3.63, 3.8) is 0 Å². The molecule has 2 rings (SSSR count). The fourth-order valence-electron chi connectivity index (χ4n) is 2.98. The van der Waals surface area contributed by atoms with Crippen LogP contribution in [0.3, 0.4) is 0 Å². The number of likely N-dealkylation sites (N-methyl/N-ethyl adjacent to an activating group) is 1. The van der Waals surface area contributed by atoms with E-state index in [1.54, 1.807) is 33.3 Å². The number of ether oxygens (including phenoxy) is 1. The molecule has 0 N–H and O–H groups in total. The van der Waals surface area contributed by atoms with Gasteiger partial charge in [-0.05, 0) is 52.3 Å². The number of amides is 1. The lowest BCUT2D eigenvalue weighted by Crippen LogP contribution is -2.34. The predicted molar refractivity (Wildman–Crippen MR) is 105 cm³/mol. The van der Waals surface area contributed by atoms with E-state index in [0.29, 0.717) is 0 Å². The Labute approximate surface area is 160 Å². The lowest BCUT2D eigenvalue weighted by Gasteiger charge is -2.16. The molecule has 0 saturated heterocycles. The molecule has 0 aliphatic carbocycles. The topological polar surface area (TPSA) is 69.4 Å². The molecule has 7 heteroatoms. The number of esters is 1. The van der Waals surface area contributed by atoms with Crippen LogP contribution in [0, 0.1) is 13.8 Å². The number of aryl methyl sites for hydroxylation is 1. The maximum Gasteiger partial charge on any atom is 0.331 e. The second-order valence-corrected chi connectivity index (χ2v) is 7.03. The summed E-state index contributed by atoms with van der Waals surface area (Å²) in [5.74, 6) is 0.180. The van der Waals surface area contributed by atoms with Gasteiger partial charge in [0.2, 0.25) is 0 Å². The van der Waals surface area contributed by atoms with Crippen LogP contribution in [-0.4, -0.2) is 51.3 Å². The molecule has 0 spiro atoms. The zero-order valence-electron chi connectivity index (χ0n) is 17.1. The first-order valence-electron chi connectivity index (χ1n) is 8.96. The molecule has 0 bridgehead atoms. The number of nitrogens with zero attached hydrogens (tertiary/aromatic N) is 4. The third-order valence-electron chi connectivity index (χ3n) is 4.32. The van der Waals surface area contributed by atoms with Crippen LogP contribution in [0.1, 0.15) is 43.8 Å². The highest BCUT2D eigenvalue weighted by atomic mass is 16.5. The lowest BCUT2D eigenvalue weighted by molar-refractivity contribution is -0.153. The zero-order valence-corrected chi connectivity index (χ0v) is 17.1. The highest BCUT2D eigenvalue weighted by molar-refractivity contribution is 5.90. The van der Waals surface area contributed by atoms with E-state index >= 15 is 0 Å². The number of carbonyl (C=O) groups is 2. The van der Waals surface area contributed by atoms with Gasteiger partial charge in [-0.2, -0.15) is 5.10 Å². The molecule has 7 nitrogen and oxygen atoms in total. The Kier molecular flexibility index (Phi) is 6.25. The Morgan fingerprint density at radius 1 is 1.22 bits per heavy atom. The highest BCUT2D eigenvalue weighted by Gasteiger charge is 2.18. The van der Waals surface area contributed by atoms with Gasteiger partial charge in [0.1, 0.15) is 5.82 Å². The summed E-state index contributed by atoms with van der Waals surface area (Å²) in [6, 6.07) is 4.21. The summed E-state index contributed by atoms with van der Waals surface area (Å²) >= 11 is 0. The molecule has 0 radical (unpaired) electrons. The smallest absolute Gasteiger partial charge is 0.331 e. The van der Waals surface area contributed by atoms with Gasteiger partial charge in [0.15, 0.2) is 6.10 Å². The van der Waals surface area contributed by atoms with Crippen LogP contribution in [0.4, 0.5) is 0 Å². The average molecular weight is 372 g/mol. The van der Waals surface area contributed by atoms with Crippen LogP contribution in [0.5, 0.6) is 0 Å².